The van der Waals surface area contributed by atoms with Crippen molar-refractivity contribution in [3.63, 3.8) is 0 Å². The number of rotatable bonds is 6. The van der Waals surface area contributed by atoms with Crippen molar-refractivity contribution in [1.29, 1.82) is 0 Å². The van der Waals surface area contributed by atoms with Gasteiger partial charge in [0.25, 0.3) is 5.91 Å². The molecule has 2 N–H and O–H groups in total. The summed E-state index contributed by atoms with van der Waals surface area (Å²) in [6, 6.07) is 0. The first-order valence-corrected chi connectivity index (χ1v) is 13.4. The Morgan fingerprint density at radius 3 is 2.44 bits per heavy atom. The van der Waals surface area contributed by atoms with E-state index < -0.39 is 0 Å². The fourth-order valence-electron chi connectivity index (χ4n) is 9.20. The van der Waals surface area contributed by atoms with Crippen molar-refractivity contribution in [2.45, 2.75) is 97.8 Å². The topological polar surface area (TPSA) is 67.4 Å². The maximum Gasteiger partial charge on any atom is 0.264 e. The lowest BCUT2D eigenvalue weighted by Gasteiger charge is -2.61. The van der Waals surface area contributed by atoms with Crippen LogP contribution in [0.2, 0.25) is 0 Å². The number of carbonyl (C=O) groups excluding carboxylic acids is 2. The Morgan fingerprint density at radius 2 is 1.66 bits per heavy atom. The number of ether oxygens (including phenoxy) is 1. The highest BCUT2D eigenvalue weighted by molar-refractivity contribution is 5.82. The van der Waals surface area contributed by atoms with Crippen LogP contribution in [0.4, 0.5) is 0 Å². The molecule has 5 heteroatoms. The maximum absolute atomic E-state index is 12.2. The Kier molecular flexibility index (Phi) is 7.24. The second-order valence-corrected chi connectivity index (χ2v) is 12.2. The summed E-state index contributed by atoms with van der Waals surface area (Å²) in [6.07, 6.45) is 15.7. The number of amides is 2. The van der Waals surface area contributed by atoms with Crippen LogP contribution in [0.1, 0.15) is 97.8 Å². The molecule has 4 aliphatic rings. The normalized spacial score (nSPS) is 41.7. The number of methoxy groups -OCH3 is 1. The summed E-state index contributed by atoms with van der Waals surface area (Å²) in [5, 5.41) is 0. The minimum atomic E-state index is -0.321. The third-order valence-corrected chi connectivity index (χ3v) is 10.8. The van der Waals surface area contributed by atoms with Gasteiger partial charge in [0.15, 0.2) is 0 Å². The molecule has 0 heterocycles. The number of hydrogen-bond acceptors (Lipinski definition) is 3. The molecule has 4 saturated carbocycles. The molecule has 0 spiro atoms. The third kappa shape index (κ3) is 4.35. The zero-order valence-electron chi connectivity index (χ0n) is 20.9. The van der Waals surface area contributed by atoms with Gasteiger partial charge in [-0.05, 0) is 104 Å². The smallest absolute Gasteiger partial charge is 0.264 e. The highest BCUT2D eigenvalue weighted by Gasteiger charge is 2.60. The molecule has 0 aromatic heterocycles. The van der Waals surface area contributed by atoms with Crippen molar-refractivity contribution in [1.82, 2.24) is 10.9 Å². The first-order chi connectivity index (χ1) is 15.3. The van der Waals surface area contributed by atoms with E-state index in [4.69, 9.17) is 4.74 Å². The van der Waals surface area contributed by atoms with Gasteiger partial charge in [0.2, 0.25) is 5.91 Å². The lowest BCUT2D eigenvalue weighted by atomic mass is 9.44. The van der Waals surface area contributed by atoms with E-state index in [-0.39, 0.29) is 18.4 Å². The summed E-state index contributed by atoms with van der Waals surface area (Å²) >= 11 is 0. The van der Waals surface area contributed by atoms with Gasteiger partial charge in [-0.1, -0.05) is 33.6 Å². The predicted molar refractivity (Wildman–Crippen MR) is 126 cm³/mol. The van der Waals surface area contributed by atoms with Crippen LogP contribution in [0.3, 0.4) is 0 Å². The molecule has 5 nitrogen and oxygen atoms in total. The number of fused-ring (bicyclic) bond motifs is 5. The van der Waals surface area contributed by atoms with Crippen LogP contribution in [-0.2, 0) is 14.3 Å². The molecule has 4 aliphatic carbocycles. The van der Waals surface area contributed by atoms with Crippen LogP contribution in [0.25, 0.3) is 0 Å². The quantitative estimate of drug-likeness (QED) is 0.548. The molecule has 182 valence electrons. The number of nitrogens with one attached hydrogen (secondary N) is 2. The number of carbonyl (C=O) groups is 2. The first kappa shape index (κ1) is 24.0. The summed E-state index contributed by atoms with van der Waals surface area (Å²) in [5.74, 6) is 4.60. The van der Waals surface area contributed by atoms with Gasteiger partial charge in [0.05, 0.1) is 0 Å². The Balaban J connectivity index is 1.34. The zero-order valence-corrected chi connectivity index (χ0v) is 20.9. The van der Waals surface area contributed by atoms with Crippen molar-refractivity contribution >= 4 is 11.8 Å². The molecule has 0 bridgehead atoms. The third-order valence-electron chi connectivity index (χ3n) is 10.8. The van der Waals surface area contributed by atoms with Gasteiger partial charge < -0.3 is 4.74 Å². The minimum absolute atomic E-state index is 0.0412. The maximum atomic E-state index is 12.2. The second kappa shape index (κ2) is 9.64. The molecule has 2 unspecified atom stereocenters. The Hall–Kier alpha value is -1.10. The zero-order chi connectivity index (χ0) is 22.9. The monoisotopic (exact) mass is 446 g/mol. The molecule has 32 heavy (non-hydrogen) atoms. The standard InChI is InChI=1S/C27H46N2O3/c1-18(8-13-24(30)28-29-25(31)17-32-4)21-11-12-22-20-10-9-19-7-5-6-15-26(19,2)23(20)14-16-27(21,22)3/h18-23H,5-17H2,1-4H3,(H,28,30)(H,29,31)/t18-,19+,20+,21?,22?,23+,26+,27-/m1/s1. The van der Waals surface area contributed by atoms with Crippen molar-refractivity contribution in [2.24, 2.45) is 46.3 Å². The predicted octanol–water partition coefficient (Wildman–Crippen LogP) is 5.25. The van der Waals surface area contributed by atoms with Gasteiger partial charge in [0, 0.05) is 13.5 Å². The molecule has 2 amide bonds. The van der Waals surface area contributed by atoms with Gasteiger partial charge in [-0.25, -0.2) is 0 Å². The minimum Gasteiger partial charge on any atom is -0.375 e. The van der Waals surface area contributed by atoms with E-state index in [1.807, 2.05) is 0 Å². The molecular formula is C27H46N2O3. The van der Waals surface area contributed by atoms with E-state index in [1.54, 1.807) is 0 Å². The van der Waals surface area contributed by atoms with E-state index in [0.29, 0.717) is 23.2 Å². The van der Waals surface area contributed by atoms with Gasteiger partial charge in [-0.15, -0.1) is 0 Å². The summed E-state index contributed by atoms with van der Waals surface area (Å²) in [6.45, 7) is 7.58. The highest BCUT2D eigenvalue weighted by atomic mass is 16.5. The molecule has 4 rings (SSSR count). The van der Waals surface area contributed by atoms with E-state index in [9.17, 15) is 9.59 Å². The van der Waals surface area contributed by atoms with Crippen molar-refractivity contribution < 1.29 is 14.3 Å². The van der Waals surface area contributed by atoms with Crippen LogP contribution in [0.15, 0.2) is 0 Å². The average Bonchev–Trinajstić information content (AvgIpc) is 3.13. The highest BCUT2D eigenvalue weighted by Crippen LogP contribution is 2.68. The van der Waals surface area contributed by atoms with Crippen LogP contribution in [0.5, 0.6) is 0 Å². The first-order valence-electron chi connectivity index (χ1n) is 13.4. The molecule has 0 saturated heterocycles. The van der Waals surface area contributed by atoms with E-state index >= 15 is 0 Å². The van der Waals surface area contributed by atoms with E-state index in [2.05, 4.69) is 31.6 Å². The summed E-state index contributed by atoms with van der Waals surface area (Å²) in [5.41, 5.74) is 6.01. The largest absolute Gasteiger partial charge is 0.375 e. The molecule has 0 aliphatic heterocycles. The average molecular weight is 447 g/mol. The fourth-order valence-corrected chi connectivity index (χ4v) is 9.20. The van der Waals surface area contributed by atoms with Crippen LogP contribution >= 0.6 is 0 Å². The van der Waals surface area contributed by atoms with Crippen molar-refractivity contribution in [3.8, 4) is 0 Å². The van der Waals surface area contributed by atoms with Crippen LogP contribution in [-0.4, -0.2) is 25.5 Å². The summed E-state index contributed by atoms with van der Waals surface area (Å²) in [7, 11) is 1.47. The molecule has 0 radical (unpaired) electrons. The number of hydrogen-bond donors (Lipinski definition) is 2. The Labute approximate surface area is 195 Å². The van der Waals surface area contributed by atoms with Gasteiger partial charge in [-0.3, -0.25) is 20.4 Å². The summed E-state index contributed by atoms with van der Waals surface area (Å²) < 4.78 is 4.77. The lowest BCUT2D eigenvalue weighted by Crippen LogP contribution is -2.53. The van der Waals surface area contributed by atoms with Crippen LogP contribution < -0.4 is 10.9 Å². The molecule has 4 fully saturated rings. The second-order valence-electron chi connectivity index (χ2n) is 12.2. The van der Waals surface area contributed by atoms with Gasteiger partial charge in [0.1, 0.15) is 6.61 Å². The molecule has 0 aromatic carbocycles. The fraction of sp³-hybridized carbons (Fsp3) is 0.926. The van der Waals surface area contributed by atoms with Gasteiger partial charge >= 0.3 is 0 Å². The molecule has 8 atom stereocenters. The van der Waals surface area contributed by atoms with Crippen molar-refractivity contribution in [3.05, 3.63) is 0 Å². The number of hydrazine groups is 1. The van der Waals surface area contributed by atoms with E-state index in [0.717, 1.165) is 36.0 Å². The van der Waals surface area contributed by atoms with E-state index in [1.165, 1.54) is 71.3 Å². The SMILES string of the molecule is COCC(=O)NNC(=O)CC[C@@H](C)C1CCC2[C@@H]3CC[C@@H]4CCCC[C@]4(C)[C@H]3CC[C@]12C. The molecular weight excluding hydrogens is 400 g/mol. The van der Waals surface area contributed by atoms with Crippen molar-refractivity contribution in [2.75, 3.05) is 13.7 Å². The Bertz CT molecular complexity index is 696. The van der Waals surface area contributed by atoms with Gasteiger partial charge in [-0.2, -0.15) is 0 Å². The Morgan fingerprint density at radius 1 is 0.906 bits per heavy atom. The van der Waals surface area contributed by atoms with Crippen LogP contribution in [0, 0.1) is 46.3 Å². The summed E-state index contributed by atoms with van der Waals surface area (Å²) in [4.78, 5) is 23.7. The molecule has 0 aromatic rings. The lowest BCUT2D eigenvalue weighted by molar-refractivity contribution is -0.131.